The van der Waals surface area contributed by atoms with Crippen LogP contribution in [0.15, 0.2) is 102 Å². The first kappa shape index (κ1) is 30.1. The van der Waals surface area contributed by atoms with Crippen molar-refractivity contribution in [2.45, 2.75) is 12.6 Å². The molecule has 0 spiro atoms. The molecule has 4 aromatic rings. The van der Waals surface area contributed by atoms with Gasteiger partial charge in [0.05, 0.1) is 28.7 Å². The Kier molecular flexibility index (Phi) is 9.25. The maximum atomic E-state index is 13.1. The first-order valence-corrected chi connectivity index (χ1v) is 12.5. The molecule has 218 valence electrons. The van der Waals surface area contributed by atoms with E-state index in [2.05, 4.69) is 15.8 Å². The number of ether oxygens (including phenoxy) is 1. The number of alkyl halides is 3. The largest absolute Gasteiger partial charge is 0.416 e. The molecule has 0 saturated heterocycles. The lowest BCUT2D eigenvalue weighted by Gasteiger charge is -2.10. The Labute approximate surface area is 242 Å². The van der Waals surface area contributed by atoms with Gasteiger partial charge in [0.1, 0.15) is 0 Å². The zero-order chi connectivity index (χ0) is 31.0. The number of amides is 2. The summed E-state index contributed by atoms with van der Waals surface area (Å²) in [5.74, 6) is -2.75. The van der Waals surface area contributed by atoms with Crippen LogP contribution in [0.25, 0.3) is 0 Å². The van der Waals surface area contributed by atoms with Crippen molar-refractivity contribution in [3.05, 3.63) is 135 Å². The highest BCUT2D eigenvalue weighted by atomic mass is 19.4. The standard InChI is InChI=1S/C30H21F3N4O6/c31-30(32,33)23-10-4-8-21(17-23)29(40)43-27-22(9-5-11-25(27)37(41)42)18-34-36-28(39)20-12-14-24(15-13-20)35-26(38)16-19-6-2-1-3-7-19/h1-15,17-18H,16H2,(H,35,38)(H,36,39)/b34-18+. The SMILES string of the molecule is O=C(Cc1ccccc1)Nc1ccc(C(=O)N/N=C/c2cccc([N+](=O)[O-])c2OC(=O)c2cccc(C(F)(F)F)c2)cc1. The van der Waals surface area contributed by atoms with Crippen molar-refractivity contribution in [1.82, 2.24) is 5.43 Å². The van der Waals surface area contributed by atoms with E-state index in [0.717, 1.165) is 36.0 Å². The van der Waals surface area contributed by atoms with Crippen LogP contribution in [0, 0.1) is 10.1 Å². The van der Waals surface area contributed by atoms with Gasteiger partial charge in [0.25, 0.3) is 5.91 Å². The Morgan fingerprint density at radius 1 is 0.884 bits per heavy atom. The lowest BCUT2D eigenvalue weighted by molar-refractivity contribution is -0.385. The van der Waals surface area contributed by atoms with Gasteiger partial charge in [0.2, 0.25) is 11.7 Å². The number of nitro groups is 1. The molecule has 0 unspecified atom stereocenters. The molecule has 0 bridgehead atoms. The number of hydrogen-bond donors (Lipinski definition) is 2. The van der Waals surface area contributed by atoms with E-state index in [4.69, 9.17) is 4.74 Å². The monoisotopic (exact) mass is 590 g/mol. The zero-order valence-corrected chi connectivity index (χ0v) is 22.0. The summed E-state index contributed by atoms with van der Waals surface area (Å²) in [6.07, 6.45) is -3.56. The number of esters is 1. The van der Waals surface area contributed by atoms with Gasteiger partial charge in [-0.2, -0.15) is 18.3 Å². The van der Waals surface area contributed by atoms with Crippen molar-refractivity contribution in [1.29, 1.82) is 0 Å². The number of para-hydroxylation sites is 1. The highest BCUT2D eigenvalue weighted by Crippen LogP contribution is 2.32. The molecule has 2 amide bonds. The van der Waals surface area contributed by atoms with Gasteiger partial charge >= 0.3 is 17.8 Å². The smallest absolute Gasteiger partial charge is 0.415 e. The van der Waals surface area contributed by atoms with E-state index in [0.29, 0.717) is 11.8 Å². The van der Waals surface area contributed by atoms with Gasteiger partial charge < -0.3 is 10.1 Å². The number of hydrogen-bond acceptors (Lipinski definition) is 7. The second kappa shape index (κ2) is 13.2. The molecule has 13 heteroatoms. The van der Waals surface area contributed by atoms with Crippen LogP contribution in [0.3, 0.4) is 0 Å². The Hall–Kier alpha value is -5.85. The summed E-state index contributed by atoms with van der Waals surface area (Å²) in [5.41, 5.74) is 1.37. The number of nitrogens with zero attached hydrogens (tertiary/aromatic N) is 2. The van der Waals surface area contributed by atoms with Crippen LogP contribution in [0.1, 0.15) is 37.4 Å². The Bertz CT molecular complexity index is 1690. The average molecular weight is 591 g/mol. The quantitative estimate of drug-likeness (QED) is 0.0833. The minimum Gasteiger partial charge on any atom is -0.415 e. The van der Waals surface area contributed by atoms with Crippen molar-refractivity contribution < 1.29 is 37.2 Å². The van der Waals surface area contributed by atoms with Crippen LogP contribution in [-0.2, 0) is 17.4 Å². The van der Waals surface area contributed by atoms with Crippen molar-refractivity contribution in [3.8, 4) is 5.75 Å². The van der Waals surface area contributed by atoms with Gasteiger partial charge in [-0.1, -0.05) is 42.5 Å². The summed E-state index contributed by atoms with van der Waals surface area (Å²) in [6, 6.07) is 22.1. The lowest BCUT2D eigenvalue weighted by atomic mass is 10.1. The van der Waals surface area contributed by atoms with E-state index in [9.17, 15) is 37.7 Å². The molecule has 0 aliphatic carbocycles. The predicted octanol–water partition coefficient (Wildman–Crippen LogP) is 5.78. The fourth-order valence-electron chi connectivity index (χ4n) is 3.79. The number of carbonyl (C=O) groups excluding carboxylic acids is 3. The molecule has 10 nitrogen and oxygen atoms in total. The van der Waals surface area contributed by atoms with Gasteiger partial charge in [0.15, 0.2) is 0 Å². The summed E-state index contributed by atoms with van der Waals surface area (Å²) < 4.78 is 44.3. The Morgan fingerprint density at radius 3 is 2.26 bits per heavy atom. The second-order valence-electron chi connectivity index (χ2n) is 8.91. The maximum absolute atomic E-state index is 13.1. The number of hydrazone groups is 1. The van der Waals surface area contributed by atoms with E-state index in [1.807, 2.05) is 30.3 Å². The molecule has 0 aliphatic heterocycles. The third-order valence-corrected chi connectivity index (χ3v) is 5.85. The van der Waals surface area contributed by atoms with Crippen molar-refractivity contribution in [2.75, 3.05) is 5.32 Å². The average Bonchev–Trinajstić information content (AvgIpc) is 2.98. The number of carbonyl (C=O) groups is 3. The maximum Gasteiger partial charge on any atom is 0.416 e. The molecule has 0 aromatic heterocycles. The molecule has 0 radical (unpaired) electrons. The zero-order valence-electron chi connectivity index (χ0n) is 22.0. The summed E-state index contributed by atoms with van der Waals surface area (Å²) in [7, 11) is 0. The van der Waals surface area contributed by atoms with Crippen molar-refractivity contribution >= 4 is 35.4 Å². The molecule has 0 fully saturated rings. The topological polar surface area (TPSA) is 140 Å². The van der Waals surface area contributed by atoms with Crippen LogP contribution in [-0.4, -0.2) is 28.9 Å². The third kappa shape index (κ3) is 8.10. The van der Waals surface area contributed by atoms with Crippen LogP contribution >= 0.6 is 0 Å². The van der Waals surface area contributed by atoms with Crippen LogP contribution in [0.2, 0.25) is 0 Å². The normalized spacial score (nSPS) is 11.1. The molecule has 0 atom stereocenters. The molecular formula is C30H21F3N4O6. The molecule has 0 saturated carbocycles. The van der Waals surface area contributed by atoms with Crippen LogP contribution in [0.5, 0.6) is 5.75 Å². The van der Waals surface area contributed by atoms with Crippen molar-refractivity contribution in [2.24, 2.45) is 5.10 Å². The fraction of sp³-hybridized carbons (Fsp3) is 0.0667. The highest BCUT2D eigenvalue weighted by molar-refractivity contribution is 5.98. The molecular weight excluding hydrogens is 569 g/mol. The second-order valence-corrected chi connectivity index (χ2v) is 8.91. The molecule has 43 heavy (non-hydrogen) atoms. The van der Waals surface area contributed by atoms with E-state index in [-0.39, 0.29) is 23.5 Å². The number of halogens is 3. The van der Waals surface area contributed by atoms with Crippen LogP contribution in [0.4, 0.5) is 24.5 Å². The Balaban J connectivity index is 1.44. The lowest BCUT2D eigenvalue weighted by Crippen LogP contribution is -2.18. The van der Waals surface area contributed by atoms with E-state index in [1.165, 1.54) is 36.4 Å². The van der Waals surface area contributed by atoms with E-state index in [1.54, 1.807) is 0 Å². The molecule has 0 aliphatic rings. The fourth-order valence-corrected chi connectivity index (χ4v) is 3.79. The predicted molar refractivity (Wildman–Crippen MR) is 150 cm³/mol. The summed E-state index contributed by atoms with van der Waals surface area (Å²) in [6.45, 7) is 0. The van der Waals surface area contributed by atoms with Gasteiger partial charge in [0, 0.05) is 22.9 Å². The number of benzene rings is 4. The number of nitrogens with one attached hydrogen (secondary N) is 2. The molecule has 0 heterocycles. The molecule has 4 rings (SSSR count). The first-order valence-electron chi connectivity index (χ1n) is 12.5. The van der Waals surface area contributed by atoms with Gasteiger partial charge in [-0.05, 0) is 54.1 Å². The number of rotatable bonds is 9. The first-order chi connectivity index (χ1) is 20.5. The van der Waals surface area contributed by atoms with Gasteiger partial charge in [-0.15, -0.1) is 0 Å². The van der Waals surface area contributed by atoms with Gasteiger partial charge in [-0.25, -0.2) is 10.2 Å². The number of nitro benzene ring substituents is 1. The minimum absolute atomic E-state index is 0.105. The molecule has 2 N–H and O–H groups in total. The Morgan fingerprint density at radius 2 is 1.58 bits per heavy atom. The summed E-state index contributed by atoms with van der Waals surface area (Å²) >= 11 is 0. The summed E-state index contributed by atoms with van der Waals surface area (Å²) in [5, 5.41) is 18.0. The summed E-state index contributed by atoms with van der Waals surface area (Å²) in [4.78, 5) is 48.1. The minimum atomic E-state index is -4.72. The van der Waals surface area contributed by atoms with Crippen molar-refractivity contribution in [3.63, 3.8) is 0 Å². The molecule has 4 aromatic carbocycles. The van der Waals surface area contributed by atoms with Crippen LogP contribution < -0.4 is 15.5 Å². The highest BCUT2D eigenvalue weighted by Gasteiger charge is 2.31. The van der Waals surface area contributed by atoms with E-state index >= 15 is 0 Å². The van der Waals surface area contributed by atoms with Gasteiger partial charge in [-0.3, -0.25) is 19.7 Å². The van der Waals surface area contributed by atoms with E-state index < -0.39 is 45.5 Å². The third-order valence-electron chi connectivity index (χ3n) is 5.85. The number of anilines is 1.